The maximum atomic E-state index is 12.8. The molecular weight excluding hydrogens is 380 g/mol. The lowest BCUT2D eigenvalue weighted by Gasteiger charge is -2.13. The second kappa shape index (κ2) is 6.39. The van der Waals surface area contributed by atoms with Gasteiger partial charge in [-0.15, -0.1) is 12.6 Å². The maximum Gasteiger partial charge on any atom is 0.416 e. The Kier molecular flexibility index (Phi) is 4.60. The zero-order valence-corrected chi connectivity index (χ0v) is 14.3. The van der Waals surface area contributed by atoms with Crippen molar-refractivity contribution >= 4 is 46.6 Å². The molecule has 124 valence electrons. The molecule has 0 aliphatic rings. The Morgan fingerprint density at radius 3 is 2.08 bits per heavy atom. The molecule has 24 heavy (non-hydrogen) atoms. The Morgan fingerprint density at radius 1 is 0.833 bits per heavy atom. The third kappa shape index (κ3) is 3.58. The van der Waals surface area contributed by atoms with Crippen molar-refractivity contribution in [3.05, 3.63) is 64.1 Å². The summed E-state index contributed by atoms with van der Waals surface area (Å²) in [6.07, 6.45) is -4.53. The molecule has 0 saturated carbocycles. The Morgan fingerprint density at radius 2 is 1.46 bits per heavy atom. The van der Waals surface area contributed by atoms with Crippen LogP contribution in [0.25, 0.3) is 10.8 Å². The average Bonchev–Trinajstić information content (AvgIpc) is 2.49. The summed E-state index contributed by atoms with van der Waals surface area (Å²) in [5.74, 6) is 0.387. The van der Waals surface area contributed by atoms with Gasteiger partial charge in [0.1, 0.15) is 5.75 Å². The van der Waals surface area contributed by atoms with Crippen molar-refractivity contribution in [1.29, 1.82) is 0 Å². The number of halogens is 5. The van der Waals surface area contributed by atoms with Crippen molar-refractivity contribution in [3.63, 3.8) is 0 Å². The first-order valence-corrected chi connectivity index (χ1v) is 7.91. The van der Waals surface area contributed by atoms with Gasteiger partial charge in [-0.2, -0.15) is 13.2 Å². The molecule has 0 amide bonds. The summed E-state index contributed by atoms with van der Waals surface area (Å²) in [5, 5.41) is 1.43. The minimum Gasteiger partial charge on any atom is -0.454 e. The number of alkyl halides is 3. The Hall–Kier alpha value is -1.56. The van der Waals surface area contributed by atoms with Crippen LogP contribution in [0, 0.1) is 0 Å². The third-order valence-electron chi connectivity index (χ3n) is 3.34. The molecule has 3 aromatic rings. The van der Waals surface area contributed by atoms with Crippen LogP contribution in [0.2, 0.25) is 10.0 Å². The summed E-state index contributed by atoms with van der Waals surface area (Å²) in [4.78, 5) is 0.783. The maximum absolute atomic E-state index is 12.8. The van der Waals surface area contributed by atoms with E-state index in [1.165, 1.54) is 0 Å². The summed E-state index contributed by atoms with van der Waals surface area (Å²) in [7, 11) is 0. The molecule has 1 nitrogen and oxygen atoms in total. The Bertz CT molecular complexity index is 902. The van der Waals surface area contributed by atoms with Crippen LogP contribution in [-0.2, 0) is 6.18 Å². The molecule has 0 radical (unpaired) electrons. The second-order valence-corrected chi connectivity index (χ2v) is 6.39. The van der Waals surface area contributed by atoms with Gasteiger partial charge < -0.3 is 4.74 Å². The molecule has 0 N–H and O–H groups in total. The summed E-state index contributed by atoms with van der Waals surface area (Å²) in [6.45, 7) is 0. The van der Waals surface area contributed by atoms with Gasteiger partial charge in [-0.1, -0.05) is 35.3 Å². The molecule has 0 aliphatic carbocycles. The number of benzene rings is 3. The molecule has 3 aromatic carbocycles. The minimum absolute atomic E-state index is 0.0206. The third-order valence-corrected chi connectivity index (χ3v) is 4.18. The molecule has 3 rings (SSSR count). The molecule has 0 atom stereocenters. The highest BCUT2D eigenvalue weighted by Crippen LogP contribution is 2.42. The van der Waals surface area contributed by atoms with Crippen LogP contribution in [0.5, 0.6) is 11.5 Å². The molecule has 7 heteroatoms. The zero-order chi connectivity index (χ0) is 17.5. The molecule has 0 heterocycles. The van der Waals surface area contributed by atoms with Crippen LogP contribution < -0.4 is 4.74 Å². The molecular formula is C17H9Cl2F3OS. The summed E-state index contributed by atoms with van der Waals surface area (Å²) in [5.41, 5.74) is -0.928. The fourth-order valence-electron chi connectivity index (χ4n) is 2.21. The zero-order valence-electron chi connectivity index (χ0n) is 11.9. The highest BCUT2D eigenvalue weighted by molar-refractivity contribution is 7.80. The van der Waals surface area contributed by atoms with Crippen LogP contribution in [0.3, 0.4) is 0 Å². The molecule has 0 spiro atoms. The Labute approximate surface area is 151 Å². The standard InChI is InChI=1S/C17H9Cl2F3OS/c18-14-7-11(17(20,21)22)8-15(19)16(14)23-12-3-1-9-2-4-13(24)6-10(9)5-12/h1-8,24H. The topological polar surface area (TPSA) is 9.23 Å². The smallest absolute Gasteiger partial charge is 0.416 e. The van der Waals surface area contributed by atoms with Gasteiger partial charge in [0.15, 0.2) is 5.75 Å². The first kappa shape index (κ1) is 17.3. The van der Waals surface area contributed by atoms with Crippen molar-refractivity contribution < 1.29 is 17.9 Å². The summed E-state index contributed by atoms with van der Waals surface area (Å²) < 4.78 is 43.9. The SMILES string of the molecule is FC(F)(F)c1cc(Cl)c(Oc2ccc3ccc(S)cc3c2)c(Cl)c1. The highest BCUT2D eigenvalue weighted by atomic mass is 35.5. The summed E-state index contributed by atoms with van der Waals surface area (Å²) >= 11 is 16.1. The monoisotopic (exact) mass is 388 g/mol. The molecule has 0 fully saturated rings. The van der Waals surface area contributed by atoms with Gasteiger partial charge in [0.25, 0.3) is 0 Å². The number of rotatable bonds is 2. The lowest BCUT2D eigenvalue weighted by atomic mass is 10.1. The lowest BCUT2D eigenvalue weighted by Crippen LogP contribution is -2.05. The van der Waals surface area contributed by atoms with E-state index in [1.54, 1.807) is 12.1 Å². The van der Waals surface area contributed by atoms with E-state index >= 15 is 0 Å². The lowest BCUT2D eigenvalue weighted by molar-refractivity contribution is -0.137. The highest BCUT2D eigenvalue weighted by Gasteiger charge is 2.32. The van der Waals surface area contributed by atoms with Gasteiger partial charge in [-0.05, 0) is 47.2 Å². The number of fused-ring (bicyclic) bond motifs is 1. The Balaban J connectivity index is 1.99. The van der Waals surface area contributed by atoms with E-state index in [-0.39, 0.29) is 15.8 Å². The normalized spacial score (nSPS) is 11.8. The van der Waals surface area contributed by atoms with Gasteiger partial charge in [0, 0.05) is 4.90 Å². The van der Waals surface area contributed by atoms with E-state index in [4.69, 9.17) is 27.9 Å². The van der Waals surface area contributed by atoms with Crippen LogP contribution in [0.15, 0.2) is 53.4 Å². The minimum atomic E-state index is -4.53. The fraction of sp³-hybridized carbons (Fsp3) is 0.0588. The molecule has 0 saturated heterocycles. The number of thiol groups is 1. The number of hydrogen-bond acceptors (Lipinski definition) is 2. The van der Waals surface area contributed by atoms with Crippen molar-refractivity contribution in [3.8, 4) is 11.5 Å². The first-order chi connectivity index (χ1) is 11.2. The van der Waals surface area contributed by atoms with Gasteiger partial charge in [0.2, 0.25) is 0 Å². The molecule has 0 unspecified atom stereocenters. The predicted molar refractivity (Wildman–Crippen MR) is 92.7 cm³/mol. The van der Waals surface area contributed by atoms with Crippen molar-refractivity contribution in [2.45, 2.75) is 11.1 Å². The van der Waals surface area contributed by atoms with Crippen molar-refractivity contribution in [1.82, 2.24) is 0 Å². The van der Waals surface area contributed by atoms with E-state index in [0.717, 1.165) is 27.8 Å². The van der Waals surface area contributed by atoms with Gasteiger partial charge in [-0.3, -0.25) is 0 Å². The van der Waals surface area contributed by atoms with Crippen molar-refractivity contribution in [2.24, 2.45) is 0 Å². The second-order valence-electron chi connectivity index (χ2n) is 5.06. The quantitative estimate of drug-likeness (QED) is 0.455. The summed E-state index contributed by atoms with van der Waals surface area (Å²) in [6, 6.07) is 12.4. The number of hydrogen-bond donors (Lipinski definition) is 1. The molecule has 0 aromatic heterocycles. The number of ether oxygens (including phenoxy) is 1. The fourth-order valence-corrected chi connectivity index (χ4v) is 2.99. The van der Waals surface area contributed by atoms with Crippen molar-refractivity contribution in [2.75, 3.05) is 0 Å². The first-order valence-electron chi connectivity index (χ1n) is 6.71. The van der Waals surface area contributed by atoms with Gasteiger partial charge in [-0.25, -0.2) is 0 Å². The van der Waals surface area contributed by atoms with E-state index in [9.17, 15) is 13.2 Å². The average molecular weight is 389 g/mol. The molecule has 0 bridgehead atoms. The van der Waals surface area contributed by atoms with E-state index in [2.05, 4.69) is 12.6 Å². The molecule has 0 aliphatic heterocycles. The van der Waals surface area contributed by atoms with Gasteiger partial charge >= 0.3 is 6.18 Å². The van der Waals surface area contributed by atoms with Crippen LogP contribution in [0.4, 0.5) is 13.2 Å². The van der Waals surface area contributed by atoms with Crippen LogP contribution in [-0.4, -0.2) is 0 Å². The van der Waals surface area contributed by atoms with E-state index < -0.39 is 11.7 Å². The van der Waals surface area contributed by atoms with Gasteiger partial charge in [0.05, 0.1) is 15.6 Å². The largest absolute Gasteiger partial charge is 0.454 e. The van der Waals surface area contributed by atoms with Crippen LogP contribution >= 0.6 is 35.8 Å². The van der Waals surface area contributed by atoms with E-state index in [1.807, 2.05) is 24.3 Å². The van der Waals surface area contributed by atoms with E-state index in [0.29, 0.717) is 5.75 Å². The predicted octanol–water partition coefficient (Wildman–Crippen LogP) is 7.25. The van der Waals surface area contributed by atoms with Crippen LogP contribution in [0.1, 0.15) is 5.56 Å².